The van der Waals surface area contributed by atoms with Crippen molar-refractivity contribution in [2.45, 2.75) is 6.18 Å². The number of nitrogens with one attached hydrogen (secondary N) is 1. The lowest BCUT2D eigenvalue weighted by Crippen LogP contribution is -2.35. The Labute approximate surface area is 155 Å². The molecule has 0 atom stereocenters. The third-order valence-electron chi connectivity index (χ3n) is 3.44. The second-order valence-electron chi connectivity index (χ2n) is 5.53. The summed E-state index contributed by atoms with van der Waals surface area (Å²) >= 11 is 5.49. The third-order valence-corrected chi connectivity index (χ3v) is 3.77. The van der Waals surface area contributed by atoms with Crippen LogP contribution in [0, 0.1) is 11.6 Å². The van der Waals surface area contributed by atoms with E-state index >= 15 is 0 Å². The van der Waals surface area contributed by atoms with Crippen LogP contribution < -0.4 is 5.32 Å². The van der Waals surface area contributed by atoms with Crippen molar-refractivity contribution in [1.82, 2.24) is 4.90 Å². The molecule has 2 aromatic carbocycles. The normalized spacial score (nSPS) is 11.2. The van der Waals surface area contributed by atoms with Gasteiger partial charge in [0.25, 0.3) is 5.91 Å². The van der Waals surface area contributed by atoms with E-state index < -0.39 is 52.3 Å². The molecule has 0 spiro atoms. The van der Waals surface area contributed by atoms with E-state index in [-0.39, 0.29) is 5.69 Å². The minimum atomic E-state index is -4.70. The van der Waals surface area contributed by atoms with E-state index in [0.717, 1.165) is 29.2 Å². The van der Waals surface area contributed by atoms with E-state index in [9.17, 15) is 31.5 Å². The highest BCUT2D eigenvalue weighted by atomic mass is 35.5. The molecule has 0 aliphatic rings. The molecule has 0 unspecified atom stereocenters. The Bertz CT molecular complexity index is 886. The van der Waals surface area contributed by atoms with Gasteiger partial charge in [-0.15, -0.1) is 0 Å². The van der Waals surface area contributed by atoms with Crippen LogP contribution in [0.1, 0.15) is 15.9 Å². The molecule has 2 rings (SSSR count). The average Bonchev–Trinajstić information content (AvgIpc) is 2.55. The molecule has 0 radical (unpaired) electrons. The van der Waals surface area contributed by atoms with Gasteiger partial charge in [0.05, 0.1) is 22.7 Å². The van der Waals surface area contributed by atoms with Crippen molar-refractivity contribution in [3.63, 3.8) is 0 Å². The maximum Gasteiger partial charge on any atom is 0.417 e. The Morgan fingerprint density at radius 3 is 2.37 bits per heavy atom. The van der Waals surface area contributed by atoms with Gasteiger partial charge < -0.3 is 10.2 Å². The van der Waals surface area contributed by atoms with Gasteiger partial charge in [0.1, 0.15) is 11.6 Å². The van der Waals surface area contributed by atoms with Gasteiger partial charge in [0.2, 0.25) is 5.91 Å². The first-order valence-electron chi connectivity index (χ1n) is 7.36. The van der Waals surface area contributed by atoms with Gasteiger partial charge in [0.15, 0.2) is 0 Å². The predicted octanol–water partition coefficient (Wildman–Crippen LogP) is 4.35. The molecular formula is C17H12ClF5N2O2. The van der Waals surface area contributed by atoms with E-state index in [1.807, 2.05) is 0 Å². The number of amides is 2. The van der Waals surface area contributed by atoms with Gasteiger partial charge in [-0.25, -0.2) is 8.78 Å². The summed E-state index contributed by atoms with van der Waals surface area (Å²) in [5.74, 6) is -3.68. The molecule has 1 N–H and O–H groups in total. The van der Waals surface area contributed by atoms with Crippen LogP contribution in [-0.4, -0.2) is 30.3 Å². The van der Waals surface area contributed by atoms with Crippen molar-refractivity contribution in [3.05, 3.63) is 64.2 Å². The van der Waals surface area contributed by atoms with Crippen LogP contribution in [0.25, 0.3) is 0 Å². The summed E-state index contributed by atoms with van der Waals surface area (Å²) < 4.78 is 65.0. The summed E-state index contributed by atoms with van der Waals surface area (Å²) in [4.78, 5) is 24.9. The Morgan fingerprint density at radius 2 is 1.78 bits per heavy atom. The molecule has 0 fully saturated rings. The molecule has 2 aromatic rings. The Balaban J connectivity index is 2.08. The summed E-state index contributed by atoms with van der Waals surface area (Å²) in [5.41, 5.74) is -1.75. The van der Waals surface area contributed by atoms with Crippen molar-refractivity contribution in [3.8, 4) is 0 Å². The summed E-state index contributed by atoms with van der Waals surface area (Å²) in [5, 5.41) is 1.67. The summed E-state index contributed by atoms with van der Waals surface area (Å²) in [6, 6.07) is 5.13. The van der Waals surface area contributed by atoms with Crippen LogP contribution >= 0.6 is 11.6 Å². The Kier molecular flexibility index (Phi) is 6.04. The van der Waals surface area contributed by atoms with E-state index in [4.69, 9.17) is 11.6 Å². The highest BCUT2D eigenvalue weighted by Gasteiger charge is 2.33. The molecule has 0 heterocycles. The number of anilines is 1. The number of benzene rings is 2. The van der Waals surface area contributed by atoms with Crippen LogP contribution in [0.3, 0.4) is 0 Å². The quantitative estimate of drug-likeness (QED) is 0.768. The summed E-state index contributed by atoms with van der Waals surface area (Å²) in [7, 11) is 1.19. The Morgan fingerprint density at radius 1 is 1.11 bits per heavy atom. The zero-order valence-corrected chi connectivity index (χ0v) is 14.5. The van der Waals surface area contributed by atoms with Crippen molar-refractivity contribution in [2.24, 2.45) is 0 Å². The van der Waals surface area contributed by atoms with Crippen LogP contribution in [0.15, 0.2) is 36.4 Å². The van der Waals surface area contributed by atoms with Crippen molar-refractivity contribution < 1.29 is 31.5 Å². The SMILES string of the molecule is CN(CC(=O)Nc1ccc(Cl)c(C(F)(F)F)c1)C(=O)c1ccc(F)cc1F. The smallest absolute Gasteiger partial charge is 0.332 e. The summed E-state index contributed by atoms with van der Waals surface area (Å²) in [6.45, 7) is -0.570. The largest absolute Gasteiger partial charge is 0.417 e. The molecule has 0 saturated heterocycles. The van der Waals surface area contributed by atoms with Gasteiger partial charge in [0, 0.05) is 18.8 Å². The second kappa shape index (κ2) is 7.91. The van der Waals surface area contributed by atoms with Crippen LogP contribution in [0.5, 0.6) is 0 Å². The first-order valence-corrected chi connectivity index (χ1v) is 7.74. The van der Waals surface area contributed by atoms with Crippen LogP contribution in [0.2, 0.25) is 5.02 Å². The molecule has 0 aromatic heterocycles. The van der Waals surface area contributed by atoms with Crippen LogP contribution in [0.4, 0.5) is 27.6 Å². The van der Waals surface area contributed by atoms with Gasteiger partial charge in [-0.3, -0.25) is 9.59 Å². The number of halogens is 6. The zero-order chi connectivity index (χ0) is 20.4. The maximum absolute atomic E-state index is 13.6. The highest BCUT2D eigenvalue weighted by Crippen LogP contribution is 2.36. The number of nitrogens with zero attached hydrogens (tertiary/aromatic N) is 1. The Hall–Kier alpha value is -2.68. The van der Waals surface area contributed by atoms with E-state index in [0.29, 0.717) is 12.1 Å². The van der Waals surface area contributed by atoms with Crippen LogP contribution in [-0.2, 0) is 11.0 Å². The molecule has 4 nitrogen and oxygen atoms in total. The fraction of sp³-hybridized carbons (Fsp3) is 0.176. The number of carbonyl (C=O) groups excluding carboxylic acids is 2. The average molecular weight is 407 g/mol. The van der Waals surface area contributed by atoms with E-state index in [1.54, 1.807) is 0 Å². The van der Waals surface area contributed by atoms with E-state index in [1.165, 1.54) is 7.05 Å². The van der Waals surface area contributed by atoms with Crippen molar-refractivity contribution in [1.29, 1.82) is 0 Å². The molecule has 2 amide bonds. The molecule has 0 bridgehead atoms. The van der Waals surface area contributed by atoms with Crippen molar-refractivity contribution >= 4 is 29.1 Å². The molecular weight excluding hydrogens is 395 g/mol. The third kappa shape index (κ3) is 5.16. The lowest BCUT2D eigenvalue weighted by atomic mass is 10.2. The monoisotopic (exact) mass is 406 g/mol. The first-order chi connectivity index (χ1) is 12.5. The maximum atomic E-state index is 13.6. The molecule has 10 heteroatoms. The van der Waals surface area contributed by atoms with Gasteiger partial charge in [-0.1, -0.05) is 11.6 Å². The fourth-order valence-corrected chi connectivity index (χ4v) is 2.40. The fourth-order valence-electron chi connectivity index (χ4n) is 2.18. The van der Waals surface area contributed by atoms with E-state index in [2.05, 4.69) is 5.32 Å². The van der Waals surface area contributed by atoms with Gasteiger partial charge in [-0.05, 0) is 30.3 Å². The number of hydrogen-bond acceptors (Lipinski definition) is 2. The summed E-state index contributed by atoms with van der Waals surface area (Å²) in [6.07, 6.45) is -4.70. The predicted molar refractivity (Wildman–Crippen MR) is 88.4 cm³/mol. The molecule has 27 heavy (non-hydrogen) atoms. The minimum Gasteiger partial charge on any atom is -0.332 e. The number of carbonyl (C=O) groups is 2. The molecule has 0 aliphatic heterocycles. The molecule has 0 aliphatic carbocycles. The number of hydrogen-bond donors (Lipinski definition) is 1. The topological polar surface area (TPSA) is 49.4 Å². The number of likely N-dealkylation sites (N-methyl/N-ethyl adjacent to an activating group) is 1. The van der Waals surface area contributed by atoms with Gasteiger partial charge in [-0.2, -0.15) is 13.2 Å². The lowest BCUT2D eigenvalue weighted by molar-refractivity contribution is -0.137. The zero-order valence-electron chi connectivity index (χ0n) is 13.7. The van der Waals surface area contributed by atoms with Crippen molar-refractivity contribution in [2.75, 3.05) is 18.9 Å². The highest BCUT2D eigenvalue weighted by molar-refractivity contribution is 6.31. The molecule has 144 valence electrons. The second-order valence-corrected chi connectivity index (χ2v) is 5.93. The lowest BCUT2D eigenvalue weighted by Gasteiger charge is -2.18. The standard InChI is InChI=1S/C17H12ClF5N2O2/c1-25(16(27)11-4-2-9(19)6-14(11)20)8-15(26)24-10-3-5-13(18)12(7-10)17(21,22)23/h2-7H,8H2,1H3,(H,24,26). The first kappa shape index (κ1) is 20.6. The minimum absolute atomic E-state index is 0.175. The number of alkyl halides is 3. The van der Waals surface area contributed by atoms with Gasteiger partial charge >= 0.3 is 6.18 Å². The molecule has 0 saturated carbocycles. The number of rotatable bonds is 4.